The summed E-state index contributed by atoms with van der Waals surface area (Å²) in [6.07, 6.45) is -1.66. The van der Waals surface area contributed by atoms with E-state index in [1.54, 1.807) is 41.8 Å². The summed E-state index contributed by atoms with van der Waals surface area (Å²) in [7, 11) is 1.14. The van der Waals surface area contributed by atoms with E-state index in [1.807, 2.05) is 0 Å². The molecule has 0 fully saturated rings. The number of ether oxygens (including phenoxy) is 1. The molecule has 2 aromatic carbocycles. The van der Waals surface area contributed by atoms with Crippen LogP contribution in [0.1, 0.15) is 33.3 Å². The number of carbonyl (C=O) groups excluding carboxylic acids is 3. The van der Waals surface area contributed by atoms with Crippen molar-refractivity contribution in [3.8, 4) is 0 Å². The van der Waals surface area contributed by atoms with Crippen LogP contribution in [0, 0.1) is 6.92 Å². The molecule has 7 nitrogen and oxygen atoms in total. The van der Waals surface area contributed by atoms with Gasteiger partial charge in [0.15, 0.2) is 6.10 Å². The van der Waals surface area contributed by atoms with Crippen molar-refractivity contribution in [1.29, 1.82) is 0 Å². The number of halogens is 2. The van der Waals surface area contributed by atoms with Gasteiger partial charge >= 0.3 is 5.97 Å². The van der Waals surface area contributed by atoms with Crippen LogP contribution >= 0.6 is 23.2 Å². The van der Waals surface area contributed by atoms with E-state index >= 15 is 0 Å². The molecule has 1 atom stereocenters. The number of nitrogens with two attached hydrogens (primary N) is 1. The molecule has 3 N–H and O–H groups in total. The molecule has 0 bridgehead atoms. The average molecular weight is 449 g/mol. The number of esters is 1. The molecule has 0 aliphatic heterocycles. The molecule has 0 spiro atoms. The van der Waals surface area contributed by atoms with Crippen LogP contribution in [0.3, 0.4) is 0 Å². The fraction of sp³-hybridized carbons (Fsp3) is 0.190. The molecule has 0 saturated heterocycles. The summed E-state index contributed by atoms with van der Waals surface area (Å²) in [5.74, 6) is -3.00. The van der Waals surface area contributed by atoms with Crippen molar-refractivity contribution in [2.45, 2.75) is 19.6 Å². The molecule has 1 unspecified atom stereocenters. The van der Waals surface area contributed by atoms with Gasteiger partial charge in [-0.25, -0.2) is 4.79 Å². The van der Waals surface area contributed by atoms with Crippen LogP contribution in [-0.2, 0) is 20.9 Å². The topological polar surface area (TPSA) is 112 Å². The monoisotopic (exact) mass is 448 g/mol. The van der Waals surface area contributed by atoms with Crippen molar-refractivity contribution in [3.05, 3.63) is 68.8 Å². The second kappa shape index (κ2) is 8.47. The van der Waals surface area contributed by atoms with E-state index in [0.717, 1.165) is 7.11 Å². The molecule has 30 heavy (non-hydrogen) atoms. The van der Waals surface area contributed by atoms with Crippen LogP contribution in [-0.4, -0.2) is 34.4 Å². The number of Topliss-reactive ketones (excluding diaryl/α,β-unsaturated/α-hetero) is 1. The number of hydrogen-bond donors (Lipinski definition) is 2. The van der Waals surface area contributed by atoms with Crippen LogP contribution in [0.4, 0.5) is 0 Å². The van der Waals surface area contributed by atoms with Crippen molar-refractivity contribution < 1.29 is 24.2 Å². The Morgan fingerprint density at radius 3 is 2.30 bits per heavy atom. The number of amides is 1. The van der Waals surface area contributed by atoms with Crippen molar-refractivity contribution >= 4 is 51.8 Å². The highest BCUT2D eigenvalue weighted by Crippen LogP contribution is 2.35. The smallest absolute Gasteiger partial charge is 0.339 e. The van der Waals surface area contributed by atoms with Gasteiger partial charge in [0.1, 0.15) is 0 Å². The average Bonchev–Trinajstić information content (AvgIpc) is 3.00. The Hall–Kier alpha value is -2.87. The molecule has 1 aromatic heterocycles. The van der Waals surface area contributed by atoms with Crippen LogP contribution in [0.2, 0.25) is 10.0 Å². The Bertz CT molecular complexity index is 1170. The van der Waals surface area contributed by atoms with Gasteiger partial charge in [0.2, 0.25) is 0 Å². The Kier molecular flexibility index (Phi) is 6.17. The first-order valence-electron chi connectivity index (χ1n) is 8.83. The minimum atomic E-state index is -1.66. The summed E-state index contributed by atoms with van der Waals surface area (Å²) in [4.78, 5) is 36.3. The fourth-order valence-electron chi connectivity index (χ4n) is 3.46. The number of hydrogen-bond acceptors (Lipinski definition) is 5. The van der Waals surface area contributed by atoms with E-state index in [2.05, 4.69) is 4.74 Å². The third-order valence-corrected chi connectivity index (χ3v) is 5.64. The lowest BCUT2D eigenvalue weighted by Gasteiger charge is -2.13. The van der Waals surface area contributed by atoms with Gasteiger partial charge in [-0.05, 0) is 25.1 Å². The predicted octanol–water partition coefficient (Wildman–Crippen LogP) is 3.18. The predicted molar refractivity (Wildman–Crippen MR) is 113 cm³/mol. The number of aliphatic hydroxyl groups excluding tert-OH is 1. The maximum atomic E-state index is 12.7. The van der Waals surface area contributed by atoms with E-state index in [4.69, 9.17) is 28.9 Å². The van der Waals surface area contributed by atoms with E-state index in [1.165, 1.54) is 6.07 Å². The zero-order valence-electron chi connectivity index (χ0n) is 16.1. The summed E-state index contributed by atoms with van der Waals surface area (Å²) < 4.78 is 6.35. The second-order valence-electron chi connectivity index (χ2n) is 6.61. The van der Waals surface area contributed by atoms with Crippen molar-refractivity contribution in [2.24, 2.45) is 5.73 Å². The first-order valence-corrected chi connectivity index (χ1v) is 9.59. The lowest BCUT2D eigenvalue weighted by Crippen LogP contribution is -2.24. The molecule has 1 amide bonds. The number of nitrogens with zero attached hydrogens (tertiary/aromatic N) is 1. The molecule has 0 aliphatic carbocycles. The van der Waals surface area contributed by atoms with Crippen LogP contribution in [0.15, 0.2) is 36.4 Å². The molecule has 156 valence electrons. The summed E-state index contributed by atoms with van der Waals surface area (Å²) in [5.41, 5.74) is 6.89. The van der Waals surface area contributed by atoms with E-state index < -0.39 is 23.8 Å². The van der Waals surface area contributed by atoms with Crippen molar-refractivity contribution in [1.82, 2.24) is 4.57 Å². The number of ketones is 1. The van der Waals surface area contributed by atoms with Crippen molar-refractivity contribution in [2.75, 3.05) is 7.11 Å². The zero-order chi connectivity index (χ0) is 22.2. The highest BCUT2D eigenvalue weighted by molar-refractivity contribution is 6.45. The van der Waals surface area contributed by atoms with Gasteiger partial charge in [-0.15, -0.1) is 0 Å². The van der Waals surface area contributed by atoms with Gasteiger partial charge in [-0.1, -0.05) is 41.4 Å². The number of aliphatic hydroxyl groups is 1. The van der Waals surface area contributed by atoms with Gasteiger partial charge in [-0.3, -0.25) is 9.59 Å². The molecule has 9 heteroatoms. The Morgan fingerprint density at radius 2 is 1.73 bits per heavy atom. The molecular weight excluding hydrogens is 431 g/mol. The molecule has 0 saturated carbocycles. The number of methoxy groups -OCH3 is 1. The summed E-state index contributed by atoms with van der Waals surface area (Å²) >= 11 is 12.6. The first kappa shape index (κ1) is 21.8. The van der Waals surface area contributed by atoms with E-state index in [0.29, 0.717) is 26.8 Å². The standard InChI is InChI=1S/C21H18Cl2N2O5/c1-10-16(19(27)20(24)28)17-11(18(26)21(29)30-2)5-3-8-15(17)25(10)9-12-13(22)6-4-7-14(12)23/h3-8,18,26H,9H2,1-2H3,(H2,24,28). The lowest BCUT2D eigenvalue weighted by molar-refractivity contribution is -0.150. The number of benzene rings is 2. The van der Waals surface area contributed by atoms with Gasteiger partial charge in [0, 0.05) is 37.8 Å². The van der Waals surface area contributed by atoms with E-state index in [9.17, 15) is 19.5 Å². The molecule has 3 aromatic rings. The summed E-state index contributed by atoms with van der Waals surface area (Å²) in [5, 5.41) is 11.5. The maximum absolute atomic E-state index is 12.7. The molecule has 0 aliphatic rings. The largest absolute Gasteiger partial charge is 0.467 e. The zero-order valence-corrected chi connectivity index (χ0v) is 17.6. The lowest BCUT2D eigenvalue weighted by atomic mass is 9.98. The van der Waals surface area contributed by atoms with Gasteiger partial charge in [-0.2, -0.15) is 0 Å². The highest BCUT2D eigenvalue weighted by Gasteiger charge is 2.29. The van der Waals surface area contributed by atoms with Gasteiger partial charge < -0.3 is 20.1 Å². The maximum Gasteiger partial charge on any atom is 0.339 e. The fourth-order valence-corrected chi connectivity index (χ4v) is 3.98. The number of rotatable bonds is 6. The van der Waals surface area contributed by atoms with Crippen LogP contribution < -0.4 is 5.73 Å². The van der Waals surface area contributed by atoms with Crippen LogP contribution in [0.25, 0.3) is 10.9 Å². The highest BCUT2D eigenvalue weighted by atomic mass is 35.5. The quantitative estimate of drug-likeness (QED) is 0.341. The molecular formula is C21H18Cl2N2O5. The van der Waals surface area contributed by atoms with E-state index in [-0.39, 0.29) is 23.1 Å². The number of aromatic nitrogens is 1. The third-order valence-electron chi connectivity index (χ3n) is 4.93. The second-order valence-corrected chi connectivity index (χ2v) is 7.42. The number of fused-ring (bicyclic) bond motifs is 1. The minimum absolute atomic E-state index is 0.000714. The normalized spacial score (nSPS) is 12.0. The van der Waals surface area contributed by atoms with Gasteiger partial charge in [0.05, 0.1) is 19.2 Å². The third kappa shape index (κ3) is 3.67. The minimum Gasteiger partial charge on any atom is -0.467 e. The number of primary amides is 1. The Morgan fingerprint density at radius 1 is 1.13 bits per heavy atom. The first-order chi connectivity index (χ1) is 14.2. The molecule has 0 radical (unpaired) electrons. The Labute approximate surface area is 181 Å². The number of carbonyl (C=O) groups is 3. The molecule has 3 rings (SSSR count). The van der Waals surface area contributed by atoms with Crippen LogP contribution in [0.5, 0.6) is 0 Å². The molecule has 1 heterocycles. The SMILES string of the molecule is COC(=O)C(O)c1cccc2c1c(C(=O)C(N)=O)c(C)n2Cc1c(Cl)cccc1Cl. The Balaban J connectivity index is 2.35. The summed E-state index contributed by atoms with van der Waals surface area (Å²) in [6, 6.07) is 9.87. The summed E-state index contributed by atoms with van der Waals surface area (Å²) in [6.45, 7) is 1.82. The van der Waals surface area contributed by atoms with Gasteiger partial charge in [0.25, 0.3) is 11.7 Å². The van der Waals surface area contributed by atoms with Crippen molar-refractivity contribution in [3.63, 3.8) is 0 Å².